The predicted octanol–water partition coefficient (Wildman–Crippen LogP) is 0.432. The van der Waals surface area contributed by atoms with Gasteiger partial charge in [-0.25, -0.2) is 0 Å². The molecule has 0 unspecified atom stereocenters. The molecule has 1 fully saturated rings. The van der Waals surface area contributed by atoms with Gasteiger partial charge in [0.15, 0.2) is 0 Å². The Bertz CT molecular complexity index is 526. The van der Waals surface area contributed by atoms with Crippen LogP contribution in [0.15, 0.2) is 6.07 Å². The highest BCUT2D eigenvalue weighted by Gasteiger charge is 2.28. The Morgan fingerprint density at radius 3 is 3.00 bits per heavy atom. The Morgan fingerprint density at radius 2 is 2.33 bits per heavy atom. The van der Waals surface area contributed by atoms with E-state index in [1.807, 2.05) is 0 Å². The molecular formula is C13H19ClN4O3. The average Bonchev–Trinajstić information content (AvgIpc) is 2.50. The van der Waals surface area contributed by atoms with Crippen molar-refractivity contribution in [1.29, 1.82) is 0 Å². The lowest BCUT2D eigenvalue weighted by atomic mass is 10.0. The van der Waals surface area contributed by atoms with Crippen LogP contribution in [0.3, 0.4) is 0 Å². The number of amides is 1. The molecule has 4 N–H and O–H groups in total. The lowest BCUT2D eigenvalue weighted by Gasteiger charge is -2.31. The van der Waals surface area contributed by atoms with Gasteiger partial charge in [-0.1, -0.05) is 11.6 Å². The SMILES string of the molecule is COc1nc(N)c(Cl)cc1C(=O)N[C@@H]1CCNC[C@H]1OC. The number of pyridine rings is 1. The van der Waals surface area contributed by atoms with Gasteiger partial charge in [0.25, 0.3) is 5.91 Å². The van der Waals surface area contributed by atoms with Crippen molar-refractivity contribution in [3.05, 3.63) is 16.7 Å². The number of piperidine rings is 1. The fourth-order valence-corrected chi connectivity index (χ4v) is 2.44. The lowest BCUT2D eigenvalue weighted by Crippen LogP contribution is -2.53. The quantitative estimate of drug-likeness (QED) is 0.745. The number of nitrogens with one attached hydrogen (secondary N) is 2. The van der Waals surface area contributed by atoms with Crippen LogP contribution in [-0.2, 0) is 4.74 Å². The summed E-state index contributed by atoms with van der Waals surface area (Å²) in [4.78, 5) is 16.4. The molecule has 0 spiro atoms. The highest BCUT2D eigenvalue weighted by molar-refractivity contribution is 6.33. The second kappa shape index (κ2) is 6.93. The van der Waals surface area contributed by atoms with Gasteiger partial charge in [-0.15, -0.1) is 0 Å². The summed E-state index contributed by atoms with van der Waals surface area (Å²) in [5, 5.41) is 6.37. The Hall–Kier alpha value is -1.57. The summed E-state index contributed by atoms with van der Waals surface area (Å²) in [5.41, 5.74) is 5.86. The second-order valence-corrected chi connectivity index (χ2v) is 5.17. The Labute approximate surface area is 128 Å². The number of carbonyl (C=O) groups excluding carboxylic acids is 1. The number of methoxy groups -OCH3 is 2. The van der Waals surface area contributed by atoms with E-state index in [4.69, 9.17) is 26.8 Å². The third kappa shape index (κ3) is 3.55. The Balaban J connectivity index is 2.18. The zero-order valence-corrected chi connectivity index (χ0v) is 12.7. The first-order valence-corrected chi connectivity index (χ1v) is 6.99. The van der Waals surface area contributed by atoms with E-state index in [0.29, 0.717) is 6.54 Å². The third-order valence-electron chi connectivity index (χ3n) is 3.45. The molecule has 1 amide bonds. The first-order chi connectivity index (χ1) is 10.1. The number of anilines is 1. The van der Waals surface area contributed by atoms with Gasteiger partial charge in [-0.3, -0.25) is 4.79 Å². The molecule has 1 aliphatic heterocycles. The van der Waals surface area contributed by atoms with E-state index < -0.39 is 0 Å². The molecule has 2 rings (SSSR count). The highest BCUT2D eigenvalue weighted by Crippen LogP contribution is 2.25. The Kier molecular flexibility index (Phi) is 5.22. The number of nitrogens with zero attached hydrogens (tertiary/aromatic N) is 1. The molecule has 0 radical (unpaired) electrons. The van der Waals surface area contributed by atoms with Crippen LogP contribution in [0.4, 0.5) is 5.82 Å². The van der Waals surface area contributed by atoms with Crippen LogP contribution in [-0.4, -0.2) is 50.3 Å². The van der Waals surface area contributed by atoms with Gasteiger partial charge in [-0.05, 0) is 19.0 Å². The lowest BCUT2D eigenvalue weighted by molar-refractivity contribution is 0.0475. The maximum atomic E-state index is 12.4. The van der Waals surface area contributed by atoms with Crippen molar-refractivity contribution in [2.75, 3.05) is 33.0 Å². The number of nitrogen functional groups attached to an aromatic ring is 1. The molecule has 1 aromatic heterocycles. The van der Waals surface area contributed by atoms with Gasteiger partial charge >= 0.3 is 0 Å². The van der Waals surface area contributed by atoms with Gasteiger partial charge in [0.05, 0.1) is 24.3 Å². The number of halogens is 1. The van der Waals surface area contributed by atoms with Gasteiger partial charge in [0.2, 0.25) is 5.88 Å². The standard InChI is InChI=1S/C13H19ClN4O3/c1-20-10-6-16-4-3-9(10)17-12(19)7-5-8(14)11(15)18-13(7)21-2/h5,9-10,16H,3-4,6H2,1-2H3,(H2,15,18)(H,17,19)/t9-,10-/m1/s1. The van der Waals surface area contributed by atoms with Gasteiger partial charge < -0.3 is 25.8 Å². The van der Waals surface area contributed by atoms with Gasteiger partial charge in [0.1, 0.15) is 11.4 Å². The summed E-state index contributed by atoms with van der Waals surface area (Å²) < 4.78 is 10.5. The fraction of sp³-hybridized carbons (Fsp3) is 0.538. The van der Waals surface area contributed by atoms with E-state index in [0.717, 1.165) is 13.0 Å². The molecule has 2 atom stereocenters. The maximum Gasteiger partial charge on any atom is 0.257 e. The minimum atomic E-state index is -0.310. The number of hydrogen-bond donors (Lipinski definition) is 3. The molecule has 1 saturated heterocycles. The number of nitrogens with two attached hydrogens (primary N) is 1. The largest absolute Gasteiger partial charge is 0.480 e. The molecular weight excluding hydrogens is 296 g/mol. The Morgan fingerprint density at radius 1 is 1.57 bits per heavy atom. The number of rotatable bonds is 4. The van der Waals surface area contributed by atoms with Crippen molar-refractivity contribution in [1.82, 2.24) is 15.6 Å². The molecule has 0 aromatic carbocycles. The first kappa shape index (κ1) is 15.8. The molecule has 8 heteroatoms. The van der Waals surface area contributed by atoms with E-state index in [1.54, 1.807) is 7.11 Å². The van der Waals surface area contributed by atoms with Crippen LogP contribution < -0.4 is 21.1 Å². The normalized spacial score (nSPS) is 21.9. The van der Waals surface area contributed by atoms with Crippen molar-refractivity contribution < 1.29 is 14.3 Å². The number of aromatic nitrogens is 1. The zero-order valence-electron chi connectivity index (χ0n) is 12.0. The minimum Gasteiger partial charge on any atom is -0.480 e. The minimum absolute atomic E-state index is 0.0779. The van der Waals surface area contributed by atoms with Crippen LogP contribution in [0.1, 0.15) is 16.8 Å². The average molecular weight is 315 g/mol. The van der Waals surface area contributed by atoms with Crippen LogP contribution >= 0.6 is 11.6 Å². The molecule has 2 heterocycles. The van der Waals surface area contributed by atoms with Crippen molar-refractivity contribution in [3.63, 3.8) is 0 Å². The van der Waals surface area contributed by atoms with Gasteiger partial charge in [0, 0.05) is 13.7 Å². The number of ether oxygens (including phenoxy) is 2. The van der Waals surface area contributed by atoms with Crippen LogP contribution in [0, 0.1) is 0 Å². The van der Waals surface area contributed by atoms with E-state index >= 15 is 0 Å². The molecule has 116 valence electrons. The zero-order chi connectivity index (χ0) is 15.4. The van der Waals surface area contributed by atoms with E-state index in [-0.39, 0.29) is 40.3 Å². The molecule has 7 nitrogen and oxygen atoms in total. The number of hydrogen-bond acceptors (Lipinski definition) is 6. The van der Waals surface area contributed by atoms with Crippen molar-refractivity contribution in [2.45, 2.75) is 18.6 Å². The molecule has 21 heavy (non-hydrogen) atoms. The summed E-state index contributed by atoms with van der Waals surface area (Å²) in [6.07, 6.45) is 0.703. The highest BCUT2D eigenvalue weighted by atomic mass is 35.5. The summed E-state index contributed by atoms with van der Waals surface area (Å²) >= 11 is 5.93. The van der Waals surface area contributed by atoms with E-state index in [9.17, 15) is 4.79 Å². The first-order valence-electron chi connectivity index (χ1n) is 6.61. The number of carbonyl (C=O) groups is 1. The molecule has 0 bridgehead atoms. The van der Waals surface area contributed by atoms with Crippen molar-refractivity contribution in [2.24, 2.45) is 0 Å². The smallest absolute Gasteiger partial charge is 0.257 e. The monoisotopic (exact) mass is 314 g/mol. The van der Waals surface area contributed by atoms with Crippen LogP contribution in [0.2, 0.25) is 5.02 Å². The molecule has 1 aliphatic rings. The summed E-state index contributed by atoms with van der Waals surface area (Å²) in [6.45, 7) is 1.52. The van der Waals surface area contributed by atoms with Gasteiger partial charge in [-0.2, -0.15) is 4.98 Å². The fourth-order valence-electron chi connectivity index (χ4n) is 2.29. The van der Waals surface area contributed by atoms with Crippen LogP contribution in [0.5, 0.6) is 5.88 Å². The third-order valence-corrected chi connectivity index (χ3v) is 3.75. The second-order valence-electron chi connectivity index (χ2n) is 4.76. The summed E-state index contributed by atoms with van der Waals surface area (Å²) in [5.74, 6) is -0.0331. The van der Waals surface area contributed by atoms with E-state index in [1.165, 1.54) is 13.2 Å². The summed E-state index contributed by atoms with van der Waals surface area (Å²) in [6, 6.07) is 1.38. The predicted molar refractivity (Wildman–Crippen MR) is 79.7 cm³/mol. The molecule has 1 aromatic rings. The van der Waals surface area contributed by atoms with E-state index in [2.05, 4.69) is 15.6 Å². The summed E-state index contributed by atoms with van der Waals surface area (Å²) in [7, 11) is 3.05. The van der Waals surface area contributed by atoms with Crippen molar-refractivity contribution >= 4 is 23.3 Å². The molecule has 0 aliphatic carbocycles. The van der Waals surface area contributed by atoms with Crippen molar-refractivity contribution in [3.8, 4) is 5.88 Å². The topological polar surface area (TPSA) is 98.5 Å². The molecule has 0 saturated carbocycles. The van der Waals surface area contributed by atoms with Crippen LogP contribution in [0.25, 0.3) is 0 Å². The maximum absolute atomic E-state index is 12.4.